The molecule has 1 aliphatic heterocycles. The van der Waals surface area contributed by atoms with Crippen LogP contribution in [0.25, 0.3) is 0 Å². The molecule has 1 saturated heterocycles. The van der Waals surface area contributed by atoms with E-state index in [0.29, 0.717) is 6.54 Å². The Kier molecular flexibility index (Phi) is 6.82. The van der Waals surface area contributed by atoms with Crippen LogP contribution in [0, 0.1) is 5.92 Å². The van der Waals surface area contributed by atoms with Gasteiger partial charge in [0.2, 0.25) is 11.9 Å². The van der Waals surface area contributed by atoms with Crippen LogP contribution in [-0.2, 0) is 17.6 Å². The zero-order chi connectivity index (χ0) is 20.8. The Hall–Kier alpha value is -2.63. The topological polar surface area (TPSA) is 61.4 Å². The van der Waals surface area contributed by atoms with Crippen molar-refractivity contribution in [2.24, 2.45) is 5.92 Å². The molecule has 0 spiro atoms. The second-order valence-electron chi connectivity index (χ2n) is 8.53. The molecule has 1 aliphatic carbocycles. The zero-order valence-electron chi connectivity index (χ0n) is 18.0. The fraction of sp³-hybridized carbons (Fsp3) is 0.542. The lowest BCUT2D eigenvalue weighted by Gasteiger charge is -2.28. The van der Waals surface area contributed by atoms with Gasteiger partial charge in [-0.2, -0.15) is 0 Å². The first-order valence-electron chi connectivity index (χ1n) is 11.3. The normalized spacial score (nSPS) is 18.6. The summed E-state index contributed by atoms with van der Waals surface area (Å²) in [4.78, 5) is 26.6. The van der Waals surface area contributed by atoms with Crippen molar-refractivity contribution in [3.8, 4) is 0 Å². The van der Waals surface area contributed by atoms with Gasteiger partial charge in [-0.15, -0.1) is 0 Å². The second-order valence-corrected chi connectivity index (χ2v) is 8.53. The molecule has 0 bridgehead atoms. The predicted molar refractivity (Wildman–Crippen MR) is 121 cm³/mol. The van der Waals surface area contributed by atoms with Gasteiger partial charge in [-0.05, 0) is 62.6 Å². The Balaban J connectivity index is 1.23. The van der Waals surface area contributed by atoms with Crippen LogP contribution in [0.5, 0.6) is 0 Å². The molecular formula is C24H33N5O. The minimum absolute atomic E-state index is 0.0359. The third-order valence-electron chi connectivity index (χ3n) is 6.31. The monoisotopic (exact) mass is 407 g/mol. The maximum Gasteiger partial charge on any atom is 0.225 e. The van der Waals surface area contributed by atoms with E-state index < -0.39 is 0 Å². The van der Waals surface area contributed by atoms with E-state index >= 15 is 0 Å². The van der Waals surface area contributed by atoms with Crippen molar-refractivity contribution >= 4 is 17.5 Å². The van der Waals surface area contributed by atoms with Crippen molar-refractivity contribution in [3.05, 3.63) is 47.8 Å². The van der Waals surface area contributed by atoms with Gasteiger partial charge >= 0.3 is 0 Å². The Morgan fingerprint density at radius 2 is 2.00 bits per heavy atom. The smallest absolute Gasteiger partial charge is 0.225 e. The van der Waals surface area contributed by atoms with Gasteiger partial charge in [0.05, 0.1) is 0 Å². The summed E-state index contributed by atoms with van der Waals surface area (Å²) < 4.78 is 0. The molecule has 4 rings (SSSR count). The number of rotatable bonds is 7. The maximum atomic E-state index is 12.7. The standard InChI is InChI=1S/C24H33N5O/c1-28(21-9-4-2-5-10-21)14-8-13-25-23(30)19-11-12-22-20(17-19)18-26-24(27-22)29-15-6-3-7-16-29/h2,4-5,9-10,18-19H,3,6-8,11-17H2,1H3,(H,25,30). The molecule has 0 radical (unpaired) electrons. The lowest BCUT2D eigenvalue weighted by Crippen LogP contribution is -2.36. The number of piperidine rings is 1. The number of aromatic nitrogens is 2. The molecule has 1 fully saturated rings. The number of carbonyl (C=O) groups excluding carboxylic acids is 1. The summed E-state index contributed by atoms with van der Waals surface area (Å²) in [6.45, 7) is 3.75. The van der Waals surface area contributed by atoms with Crippen LogP contribution in [0.2, 0.25) is 0 Å². The van der Waals surface area contributed by atoms with E-state index in [4.69, 9.17) is 4.98 Å². The van der Waals surface area contributed by atoms with Gasteiger partial charge in [0, 0.05) is 56.7 Å². The van der Waals surface area contributed by atoms with E-state index in [1.807, 2.05) is 24.4 Å². The highest BCUT2D eigenvalue weighted by molar-refractivity contribution is 5.79. The van der Waals surface area contributed by atoms with Crippen molar-refractivity contribution in [2.75, 3.05) is 43.0 Å². The number of aryl methyl sites for hydroxylation is 1. The van der Waals surface area contributed by atoms with Gasteiger partial charge < -0.3 is 15.1 Å². The summed E-state index contributed by atoms with van der Waals surface area (Å²) in [7, 11) is 2.09. The van der Waals surface area contributed by atoms with Crippen LogP contribution in [0.4, 0.5) is 11.6 Å². The van der Waals surface area contributed by atoms with E-state index in [9.17, 15) is 4.79 Å². The molecule has 160 valence electrons. The molecular weight excluding hydrogens is 374 g/mol. The van der Waals surface area contributed by atoms with Crippen molar-refractivity contribution < 1.29 is 4.79 Å². The number of benzene rings is 1. The van der Waals surface area contributed by atoms with Crippen LogP contribution in [-0.4, -0.2) is 49.1 Å². The third-order valence-corrected chi connectivity index (χ3v) is 6.31. The molecule has 1 aromatic carbocycles. The van der Waals surface area contributed by atoms with Crippen LogP contribution in [0.15, 0.2) is 36.5 Å². The maximum absolute atomic E-state index is 12.7. The Labute approximate surface area is 179 Å². The van der Waals surface area contributed by atoms with Gasteiger partial charge in [0.15, 0.2) is 0 Å². The van der Waals surface area contributed by atoms with Crippen molar-refractivity contribution in [2.45, 2.75) is 44.9 Å². The first kappa shape index (κ1) is 20.6. The minimum Gasteiger partial charge on any atom is -0.375 e. The fourth-order valence-corrected chi connectivity index (χ4v) is 4.45. The van der Waals surface area contributed by atoms with Crippen LogP contribution in [0.1, 0.15) is 43.4 Å². The molecule has 1 amide bonds. The number of amides is 1. The molecule has 1 unspecified atom stereocenters. The zero-order valence-corrected chi connectivity index (χ0v) is 18.0. The molecule has 30 heavy (non-hydrogen) atoms. The average Bonchev–Trinajstić information content (AvgIpc) is 2.82. The van der Waals surface area contributed by atoms with Crippen molar-refractivity contribution in [1.82, 2.24) is 15.3 Å². The minimum atomic E-state index is 0.0359. The number of anilines is 2. The summed E-state index contributed by atoms with van der Waals surface area (Å²) in [5.74, 6) is 1.08. The number of nitrogens with zero attached hydrogens (tertiary/aromatic N) is 4. The highest BCUT2D eigenvalue weighted by Crippen LogP contribution is 2.26. The van der Waals surface area contributed by atoms with Crippen LogP contribution < -0.4 is 15.1 Å². The lowest BCUT2D eigenvalue weighted by atomic mass is 9.86. The van der Waals surface area contributed by atoms with E-state index in [1.54, 1.807) is 0 Å². The highest BCUT2D eigenvalue weighted by atomic mass is 16.1. The van der Waals surface area contributed by atoms with Gasteiger partial charge in [0.25, 0.3) is 0 Å². The Bertz CT molecular complexity index is 835. The van der Waals surface area contributed by atoms with E-state index in [-0.39, 0.29) is 11.8 Å². The highest BCUT2D eigenvalue weighted by Gasteiger charge is 2.26. The first-order chi connectivity index (χ1) is 14.7. The van der Waals surface area contributed by atoms with Gasteiger partial charge in [-0.25, -0.2) is 9.97 Å². The molecule has 0 saturated carbocycles. The van der Waals surface area contributed by atoms with Crippen molar-refractivity contribution in [3.63, 3.8) is 0 Å². The predicted octanol–water partition coefficient (Wildman–Crippen LogP) is 3.21. The van der Waals surface area contributed by atoms with Gasteiger partial charge in [-0.1, -0.05) is 18.2 Å². The lowest BCUT2D eigenvalue weighted by molar-refractivity contribution is -0.125. The molecule has 2 aromatic rings. The summed E-state index contributed by atoms with van der Waals surface area (Å²) in [6, 6.07) is 10.3. The summed E-state index contributed by atoms with van der Waals surface area (Å²) in [6.07, 6.45) is 9.15. The SMILES string of the molecule is CN(CCCNC(=O)C1CCc2nc(N3CCCCC3)ncc2C1)c1ccccc1. The van der Waals surface area contributed by atoms with E-state index in [1.165, 1.54) is 24.9 Å². The second kappa shape index (κ2) is 9.92. The molecule has 6 heteroatoms. The number of fused-ring (bicyclic) bond motifs is 1. The van der Waals surface area contributed by atoms with Gasteiger partial charge in [-0.3, -0.25) is 4.79 Å². The molecule has 2 aliphatic rings. The number of hydrogen-bond donors (Lipinski definition) is 1. The number of para-hydroxylation sites is 1. The number of nitrogens with one attached hydrogen (secondary N) is 1. The molecule has 1 atom stereocenters. The first-order valence-corrected chi connectivity index (χ1v) is 11.3. The average molecular weight is 408 g/mol. The molecule has 1 aromatic heterocycles. The van der Waals surface area contributed by atoms with E-state index in [0.717, 1.165) is 62.5 Å². The molecule has 2 heterocycles. The van der Waals surface area contributed by atoms with Crippen molar-refractivity contribution in [1.29, 1.82) is 0 Å². The quantitative estimate of drug-likeness (QED) is 0.714. The van der Waals surface area contributed by atoms with Gasteiger partial charge in [0.1, 0.15) is 0 Å². The summed E-state index contributed by atoms with van der Waals surface area (Å²) in [5.41, 5.74) is 3.49. The Morgan fingerprint density at radius 3 is 2.80 bits per heavy atom. The number of hydrogen-bond acceptors (Lipinski definition) is 5. The summed E-state index contributed by atoms with van der Waals surface area (Å²) in [5, 5.41) is 3.14. The van der Waals surface area contributed by atoms with E-state index in [2.05, 4.69) is 39.3 Å². The largest absolute Gasteiger partial charge is 0.375 e. The van der Waals surface area contributed by atoms with Crippen LogP contribution in [0.3, 0.4) is 0 Å². The molecule has 6 nitrogen and oxygen atoms in total. The molecule has 1 N–H and O–H groups in total. The fourth-order valence-electron chi connectivity index (χ4n) is 4.45. The third kappa shape index (κ3) is 5.10. The van der Waals surface area contributed by atoms with Crippen LogP contribution >= 0.6 is 0 Å². The summed E-state index contributed by atoms with van der Waals surface area (Å²) >= 11 is 0. The number of carbonyl (C=O) groups is 1. The Morgan fingerprint density at radius 1 is 1.20 bits per heavy atom.